The molecule has 0 aromatic heterocycles. The van der Waals surface area contributed by atoms with E-state index in [2.05, 4.69) is 5.09 Å². The fourth-order valence-corrected chi connectivity index (χ4v) is 3.37. The molecule has 8 nitrogen and oxygen atoms in total. The Balaban J connectivity index is 3.12. The van der Waals surface area contributed by atoms with E-state index in [0.29, 0.717) is 0 Å². The minimum atomic E-state index is -4.64. The van der Waals surface area contributed by atoms with E-state index in [4.69, 9.17) is 34.6 Å². The number of alkyl halides is 1. The summed E-state index contributed by atoms with van der Waals surface area (Å²) < 4.78 is 42.0. The third-order valence-corrected chi connectivity index (χ3v) is 4.80. The summed E-state index contributed by atoms with van der Waals surface area (Å²) in [6.07, 6.45) is -0.453. The van der Waals surface area contributed by atoms with Crippen molar-refractivity contribution in [3.8, 4) is 5.75 Å². The summed E-state index contributed by atoms with van der Waals surface area (Å²) in [5, 5.41) is 17.4. The molecule has 0 aliphatic heterocycles. The van der Waals surface area contributed by atoms with Gasteiger partial charge in [-0.1, -0.05) is 18.2 Å². The minimum absolute atomic E-state index is 0.0138. The van der Waals surface area contributed by atoms with Crippen molar-refractivity contribution in [2.75, 3.05) is 6.61 Å². The number of ether oxygens (including phenoxy) is 1. The molecule has 2 unspecified atom stereocenters. The van der Waals surface area contributed by atoms with Crippen LogP contribution in [0.1, 0.15) is 20.8 Å². The zero-order valence-electron chi connectivity index (χ0n) is 15.2. The molecule has 0 bridgehead atoms. The molecular formula is C15H21B2FNO7P. The predicted octanol–water partition coefficient (Wildman–Crippen LogP) is 0.761. The largest absolute Gasteiger partial charge is 0.462 e. The van der Waals surface area contributed by atoms with Crippen LogP contribution in [0.15, 0.2) is 30.3 Å². The Labute approximate surface area is 159 Å². The van der Waals surface area contributed by atoms with Gasteiger partial charge >= 0.3 is 13.7 Å². The van der Waals surface area contributed by atoms with Gasteiger partial charge in [-0.25, -0.2) is 8.96 Å². The molecule has 146 valence electrons. The zero-order chi connectivity index (χ0) is 20.9. The Bertz CT molecular complexity index is 675. The Morgan fingerprint density at radius 3 is 2.33 bits per heavy atom. The lowest BCUT2D eigenvalue weighted by atomic mass is 9.61. The van der Waals surface area contributed by atoms with Gasteiger partial charge in [-0.15, -0.1) is 0 Å². The highest BCUT2D eigenvalue weighted by Gasteiger charge is 2.49. The number of para-hydroxylation sites is 1. The van der Waals surface area contributed by atoms with Crippen molar-refractivity contribution in [2.24, 2.45) is 0 Å². The third-order valence-electron chi connectivity index (χ3n) is 3.11. The number of esters is 1. The molecule has 0 heterocycles. The fourth-order valence-electron chi connectivity index (χ4n) is 1.71. The smallest absolute Gasteiger partial charge is 0.458 e. The summed E-state index contributed by atoms with van der Waals surface area (Å²) >= 11 is 0. The molecule has 4 radical (unpaired) electrons. The fraction of sp³-hybridized carbons (Fsp3) is 0.533. The highest BCUT2D eigenvalue weighted by molar-refractivity contribution is 7.52. The zero-order valence-corrected chi connectivity index (χ0v) is 16.1. The van der Waals surface area contributed by atoms with Crippen molar-refractivity contribution in [1.82, 2.24) is 5.09 Å². The molecule has 27 heavy (non-hydrogen) atoms. The van der Waals surface area contributed by atoms with Crippen LogP contribution in [0, 0.1) is 0 Å². The summed E-state index contributed by atoms with van der Waals surface area (Å²) in [4.78, 5) is 12.0. The van der Waals surface area contributed by atoms with E-state index >= 15 is 0 Å². The van der Waals surface area contributed by atoms with Crippen molar-refractivity contribution in [2.45, 2.75) is 44.2 Å². The molecule has 0 saturated heterocycles. The van der Waals surface area contributed by atoms with Crippen LogP contribution in [-0.4, -0.2) is 61.9 Å². The molecule has 0 saturated carbocycles. The summed E-state index contributed by atoms with van der Waals surface area (Å²) in [5.74, 6) is -4.45. The summed E-state index contributed by atoms with van der Waals surface area (Å²) in [6, 6.07) is 6.31. The Kier molecular flexibility index (Phi) is 8.07. The van der Waals surface area contributed by atoms with Crippen LogP contribution in [0.4, 0.5) is 4.39 Å². The maximum Gasteiger partial charge on any atom is 0.458 e. The average molecular weight is 399 g/mol. The van der Waals surface area contributed by atoms with E-state index < -0.39 is 43.7 Å². The molecule has 1 aromatic carbocycles. The normalized spacial score (nSPS) is 17.6. The SMILES string of the molecule is [B]C([B])(OP(=O)(NC(C)C(=O)OC(C)C)Oc1ccccc1)[C@](O)(F)CO. The molecule has 0 aliphatic rings. The second-order valence-electron chi connectivity index (χ2n) is 6.04. The maximum absolute atomic E-state index is 14.0. The monoisotopic (exact) mass is 399 g/mol. The van der Waals surface area contributed by atoms with Gasteiger partial charge in [-0.3, -0.25) is 9.32 Å². The van der Waals surface area contributed by atoms with Gasteiger partial charge in [-0.2, -0.15) is 5.09 Å². The van der Waals surface area contributed by atoms with E-state index in [9.17, 15) is 18.9 Å². The van der Waals surface area contributed by atoms with Crippen molar-refractivity contribution in [3.05, 3.63) is 30.3 Å². The quantitative estimate of drug-likeness (QED) is 0.300. The second kappa shape index (κ2) is 9.21. The lowest BCUT2D eigenvalue weighted by molar-refractivity contribution is -0.176. The molecule has 0 aliphatic carbocycles. The lowest BCUT2D eigenvalue weighted by Crippen LogP contribution is -2.57. The Hall–Kier alpha value is -1.38. The van der Waals surface area contributed by atoms with Gasteiger partial charge < -0.3 is 19.5 Å². The maximum atomic E-state index is 14.0. The number of hydrogen-bond donors (Lipinski definition) is 3. The standard InChI is InChI=1S/C15H21B2FNO7P/c1-10(2)24-13(21)11(3)19-27(23,25-12-7-5-4-6-8-12)26-15(16,17)14(18,22)9-20/h4-8,10-11,20,22H,9H2,1-3H3,(H,19,23)/t11?,14-,27?/m0/s1. The van der Waals surface area contributed by atoms with Crippen molar-refractivity contribution < 1.29 is 37.7 Å². The summed E-state index contributed by atoms with van der Waals surface area (Å²) in [6.45, 7) is 2.96. The molecule has 0 spiro atoms. The van der Waals surface area contributed by atoms with E-state index in [0.717, 1.165) is 0 Å². The van der Waals surface area contributed by atoms with Crippen molar-refractivity contribution in [1.29, 1.82) is 0 Å². The summed E-state index contributed by atoms with van der Waals surface area (Å²) in [7, 11) is 6.04. The highest BCUT2D eigenvalue weighted by atomic mass is 31.2. The topological polar surface area (TPSA) is 114 Å². The van der Waals surface area contributed by atoms with Gasteiger partial charge in [0.15, 0.2) is 0 Å². The molecule has 1 aromatic rings. The molecule has 0 fully saturated rings. The Morgan fingerprint density at radius 1 is 1.30 bits per heavy atom. The lowest BCUT2D eigenvalue weighted by Gasteiger charge is -2.38. The average Bonchev–Trinajstić information content (AvgIpc) is 2.53. The number of hydrogen-bond acceptors (Lipinski definition) is 7. The van der Waals surface area contributed by atoms with Gasteiger partial charge in [0.2, 0.25) is 5.85 Å². The van der Waals surface area contributed by atoms with Gasteiger partial charge in [-0.05, 0) is 32.9 Å². The van der Waals surface area contributed by atoms with Crippen LogP contribution >= 0.6 is 7.75 Å². The number of halogens is 1. The minimum Gasteiger partial charge on any atom is -0.462 e. The molecular weight excluding hydrogens is 378 g/mol. The molecule has 3 N–H and O–H groups in total. The van der Waals surface area contributed by atoms with Crippen molar-refractivity contribution >= 4 is 29.4 Å². The number of benzene rings is 1. The first-order valence-corrected chi connectivity index (χ1v) is 9.50. The first-order valence-electron chi connectivity index (χ1n) is 7.95. The first kappa shape index (κ1) is 23.7. The van der Waals surface area contributed by atoms with E-state index in [-0.39, 0.29) is 5.75 Å². The second-order valence-corrected chi connectivity index (χ2v) is 7.66. The van der Waals surface area contributed by atoms with Crippen molar-refractivity contribution in [3.63, 3.8) is 0 Å². The van der Waals surface area contributed by atoms with E-state index in [1.54, 1.807) is 32.0 Å². The van der Waals surface area contributed by atoms with Gasteiger partial charge in [0.1, 0.15) is 34.1 Å². The number of aliphatic hydroxyl groups is 2. The number of aliphatic hydroxyl groups excluding tert-OH is 1. The van der Waals surface area contributed by atoms with Gasteiger partial charge in [0.25, 0.3) is 0 Å². The number of carbonyl (C=O) groups is 1. The third kappa shape index (κ3) is 6.93. The highest BCUT2D eigenvalue weighted by Crippen LogP contribution is 2.49. The first-order chi connectivity index (χ1) is 12.3. The van der Waals surface area contributed by atoms with E-state index in [1.807, 2.05) is 0 Å². The summed E-state index contributed by atoms with van der Waals surface area (Å²) in [5.41, 5.74) is 0. The van der Waals surface area contributed by atoms with Crippen LogP contribution in [0.2, 0.25) is 0 Å². The molecule has 0 amide bonds. The van der Waals surface area contributed by atoms with Gasteiger partial charge in [0.05, 0.1) is 11.5 Å². The number of rotatable bonds is 10. The van der Waals surface area contributed by atoms with Gasteiger partial charge in [0, 0.05) is 0 Å². The number of carbonyl (C=O) groups excluding carboxylic acids is 1. The van der Waals surface area contributed by atoms with E-state index in [1.165, 1.54) is 19.1 Å². The van der Waals surface area contributed by atoms with Crippen LogP contribution in [0.25, 0.3) is 0 Å². The van der Waals surface area contributed by atoms with Crippen LogP contribution in [-0.2, 0) is 18.6 Å². The Morgan fingerprint density at radius 2 is 1.85 bits per heavy atom. The molecule has 3 atom stereocenters. The van der Waals surface area contributed by atoms with Crippen LogP contribution in [0.5, 0.6) is 5.75 Å². The van der Waals surface area contributed by atoms with Crippen LogP contribution < -0.4 is 9.61 Å². The predicted molar refractivity (Wildman–Crippen MR) is 97.0 cm³/mol. The van der Waals surface area contributed by atoms with Crippen LogP contribution in [0.3, 0.4) is 0 Å². The molecule has 1 rings (SSSR count). The molecule has 12 heteroatoms. The number of nitrogens with one attached hydrogen (secondary N) is 1.